The SMILES string of the molecule is CC.CC.CC.CCC(C)(C)C(C)n1c(C)c(C)c(=O)n2c(=O)n(S)nc12. The maximum atomic E-state index is 12.3. The molecule has 6 nitrogen and oxygen atoms in total. The van der Waals surface area contributed by atoms with Crippen molar-refractivity contribution in [3.05, 3.63) is 32.1 Å². The highest BCUT2D eigenvalue weighted by atomic mass is 32.1. The molecule has 0 N–H and O–H groups in total. The molecule has 0 aromatic carbocycles. The van der Waals surface area contributed by atoms with E-state index in [1.54, 1.807) is 6.92 Å². The van der Waals surface area contributed by atoms with Gasteiger partial charge in [-0.25, -0.2) is 4.79 Å². The van der Waals surface area contributed by atoms with Gasteiger partial charge >= 0.3 is 5.69 Å². The molecule has 0 saturated carbocycles. The summed E-state index contributed by atoms with van der Waals surface area (Å²) in [7, 11) is 0. The molecular formula is C20H40N4O2S. The Kier molecular flexibility index (Phi) is 12.4. The predicted octanol–water partition coefficient (Wildman–Crippen LogP) is 5.04. The van der Waals surface area contributed by atoms with Crippen LogP contribution in [0.5, 0.6) is 0 Å². The molecule has 2 aromatic rings. The molecule has 0 amide bonds. The molecule has 2 aromatic heterocycles. The van der Waals surface area contributed by atoms with Crippen molar-refractivity contribution in [2.75, 3.05) is 0 Å². The van der Waals surface area contributed by atoms with Crippen LogP contribution in [-0.4, -0.2) is 18.2 Å². The Bertz CT molecular complexity index is 816. The minimum absolute atomic E-state index is 0.00316. The third-order valence-corrected chi connectivity index (χ3v) is 5.08. The number of hydrogen-bond donors (Lipinski definition) is 1. The van der Waals surface area contributed by atoms with Crippen LogP contribution < -0.4 is 11.2 Å². The smallest absolute Gasteiger partial charge is 0.310 e. The van der Waals surface area contributed by atoms with Crippen molar-refractivity contribution in [2.45, 2.75) is 95.5 Å². The van der Waals surface area contributed by atoms with Crippen LogP contribution in [0.4, 0.5) is 0 Å². The van der Waals surface area contributed by atoms with Gasteiger partial charge in [-0.3, -0.25) is 4.79 Å². The lowest BCUT2D eigenvalue weighted by Crippen LogP contribution is -2.34. The second-order valence-corrected chi connectivity index (χ2v) is 6.59. The molecule has 0 fully saturated rings. The average molecular weight is 401 g/mol. The Balaban J connectivity index is 0. The average Bonchev–Trinajstić information content (AvgIpc) is 2.99. The topological polar surface area (TPSA) is 61.3 Å². The molecule has 2 rings (SSSR count). The Morgan fingerprint density at radius 3 is 1.89 bits per heavy atom. The summed E-state index contributed by atoms with van der Waals surface area (Å²) in [5.74, 6) is 0.345. The highest BCUT2D eigenvalue weighted by molar-refractivity contribution is 7.78. The van der Waals surface area contributed by atoms with Crippen molar-refractivity contribution in [3.63, 3.8) is 0 Å². The van der Waals surface area contributed by atoms with Gasteiger partial charge < -0.3 is 4.57 Å². The lowest BCUT2D eigenvalue weighted by molar-refractivity contribution is 0.223. The summed E-state index contributed by atoms with van der Waals surface area (Å²) < 4.78 is 3.98. The van der Waals surface area contributed by atoms with Gasteiger partial charge in [-0.05, 0) is 45.4 Å². The predicted molar refractivity (Wildman–Crippen MR) is 120 cm³/mol. The van der Waals surface area contributed by atoms with Gasteiger partial charge in [0, 0.05) is 17.3 Å². The summed E-state index contributed by atoms with van der Waals surface area (Å²) in [6.07, 6.45) is 0.969. The zero-order chi connectivity index (χ0) is 22.1. The molecule has 0 aliphatic carbocycles. The molecule has 27 heavy (non-hydrogen) atoms. The first-order valence-corrected chi connectivity index (χ1v) is 10.5. The lowest BCUT2D eigenvalue weighted by atomic mass is 9.82. The van der Waals surface area contributed by atoms with Crippen LogP contribution in [0.2, 0.25) is 0 Å². The second-order valence-electron chi connectivity index (χ2n) is 6.21. The summed E-state index contributed by atoms with van der Waals surface area (Å²) in [6, 6.07) is 0.0828. The van der Waals surface area contributed by atoms with E-state index >= 15 is 0 Å². The quantitative estimate of drug-likeness (QED) is 0.734. The molecule has 0 aliphatic heterocycles. The molecule has 158 valence electrons. The van der Waals surface area contributed by atoms with E-state index in [2.05, 4.69) is 45.6 Å². The van der Waals surface area contributed by atoms with E-state index in [-0.39, 0.29) is 17.0 Å². The second kappa shape index (κ2) is 12.1. The van der Waals surface area contributed by atoms with Crippen LogP contribution in [0.1, 0.15) is 93.0 Å². The third-order valence-electron chi connectivity index (χ3n) is 4.82. The van der Waals surface area contributed by atoms with Crippen molar-refractivity contribution in [3.8, 4) is 0 Å². The Labute approximate surface area is 170 Å². The number of aromatic nitrogens is 4. The van der Waals surface area contributed by atoms with Gasteiger partial charge in [-0.15, -0.1) is 5.10 Å². The molecular weight excluding hydrogens is 360 g/mol. The van der Waals surface area contributed by atoms with E-state index in [1.807, 2.05) is 53.0 Å². The molecule has 0 bridgehead atoms. The number of nitrogens with zero attached hydrogens (tertiary/aromatic N) is 4. The monoisotopic (exact) mass is 400 g/mol. The van der Waals surface area contributed by atoms with Gasteiger partial charge in [0.1, 0.15) is 0 Å². The first-order valence-electron chi connectivity index (χ1n) is 10.1. The fraction of sp³-hybridized carbons (Fsp3) is 0.750. The largest absolute Gasteiger partial charge is 0.364 e. The maximum Gasteiger partial charge on any atom is 0.364 e. The molecule has 0 aliphatic rings. The van der Waals surface area contributed by atoms with Crippen molar-refractivity contribution < 1.29 is 0 Å². The van der Waals surface area contributed by atoms with E-state index in [4.69, 9.17) is 0 Å². The van der Waals surface area contributed by atoms with Crippen molar-refractivity contribution in [2.24, 2.45) is 5.41 Å². The Morgan fingerprint density at radius 1 is 1.04 bits per heavy atom. The van der Waals surface area contributed by atoms with Crippen LogP contribution in [0.3, 0.4) is 0 Å². The van der Waals surface area contributed by atoms with E-state index in [1.165, 1.54) is 0 Å². The summed E-state index contributed by atoms with van der Waals surface area (Å²) in [6.45, 7) is 24.2. The number of hydrogen-bond acceptors (Lipinski definition) is 4. The van der Waals surface area contributed by atoms with Crippen LogP contribution in [-0.2, 0) is 0 Å². The summed E-state index contributed by atoms with van der Waals surface area (Å²) in [4.78, 5) is 24.4. The standard InChI is InChI=1S/C14H22N4O2S.3C2H6/c1-7-14(5,6)10(4)16-9(3)8(2)11(19)17-12(16)15-18(21)13(17)20;3*1-2/h10,21H,7H2,1-6H3;3*1-2H3. The number of fused-ring (bicyclic) bond motifs is 1. The van der Waals surface area contributed by atoms with Crippen molar-refractivity contribution in [1.29, 1.82) is 0 Å². The van der Waals surface area contributed by atoms with E-state index in [0.29, 0.717) is 11.3 Å². The fourth-order valence-electron chi connectivity index (χ4n) is 2.44. The molecule has 7 heteroatoms. The first-order chi connectivity index (χ1) is 12.6. The Hall–Kier alpha value is -1.50. The van der Waals surface area contributed by atoms with Crippen molar-refractivity contribution in [1.82, 2.24) is 18.2 Å². The number of thiol groups is 1. The molecule has 1 unspecified atom stereocenters. The van der Waals surface area contributed by atoms with E-state index in [0.717, 1.165) is 20.6 Å². The maximum absolute atomic E-state index is 12.3. The van der Waals surface area contributed by atoms with Crippen LogP contribution >= 0.6 is 12.8 Å². The summed E-state index contributed by atoms with van der Waals surface area (Å²) in [5, 5.41) is 4.14. The fourth-order valence-corrected chi connectivity index (χ4v) is 2.61. The third kappa shape index (κ3) is 5.50. The van der Waals surface area contributed by atoms with E-state index in [9.17, 15) is 9.59 Å². The van der Waals surface area contributed by atoms with Crippen molar-refractivity contribution >= 4 is 18.6 Å². The summed E-state index contributed by atoms with van der Waals surface area (Å²) in [5.41, 5.74) is 0.538. The van der Waals surface area contributed by atoms with Crippen LogP contribution in [0.25, 0.3) is 5.78 Å². The van der Waals surface area contributed by atoms with E-state index < -0.39 is 5.69 Å². The number of rotatable bonds is 3. The first kappa shape index (κ1) is 27.7. The molecule has 0 radical (unpaired) electrons. The van der Waals surface area contributed by atoms with Gasteiger partial charge in [-0.1, -0.05) is 62.3 Å². The highest BCUT2D eigenvalue weighted by Gasteiger charge is 2.29. The minimum atomic E-state index is -0.531. The molecule has 0 saturated heterocycles. The molecule has 2 heterocycles. The minimum Gasteiger partial charge on any atom is -0.310 e. The zero-order valence-electron chi connectivity index (χ0n) is 19.3. The van der Waals surface area contributed by atoms with Gasteiger partial charge in [-0.2, -0.15) is 8.49 Å². The summed E-state index contributed by atoms with van der Waals surface area (Å²) >= 11 is 4.00. The Morgan fingerprint density at radius 2 is 1.48 bits per heavy atom. The molecule has 0 spiro atoms. The van der Waals surface area contributed by atoms with Crippen LogP contribution in [0, 0.1) is 19.3 Å². The van der Waals surface area contributed by atoms with Gasteiger partial charge in [0.15, 0.2) is 0 Å². The zero-order valence-corrected chi connectivity index (χ0v) is 20.2. The van der Waals surface area contributed by atoms with Crippen LogP contribution in [0.15, 0.2) is 9.59 Å². The van der Waals surface area contributed by atoms with Gasteiger partial charge in [0.2, 0.25) is 5.78 Å². The van der Waals surface area contributed by atoms with Gasteiger partial charge in [0.25, 0.3) is 5.56 Å². The lowest BCUT2D eigenvalue weighted by Gasteiger charge is -2.34. The normalized spacial score (nSPS) is 11.4. The van der Waals surface area contributed by atoms with Gasteiger partial charge in [0.05, 0.1) is 0 Å². The molecule has 1 atom stereocenters. The highest BCUT2D eigenvalue weighted by Crippen LogP contribution is 2.35.